The van der Waals surface area contributed by atoms with Crippen molar-refractivity contribution in [2.24, 2.45) is 17.8 Å². The number of fused-ring (bicyclic) bond motifs is 1. The first-order chi connectivity index (χ1) is 21.5. The molecule has 2 unspecified atom stereocenters. The molecule has 0 radical (unpaired) electrons. The molecule has 0 saturated carbocycles. The second kappa shape index (κ2) is 12.6. The molecule has 2 aromatic carbocycles. The van der Waals surface area contributed by atoms with Gasteiger partial charge >= 0.3 is 0 Å². The molecule has 3 amide bonds. The van der Waals surface area contributed by atoms with Crippen molar-refractivity contribution in [3.8, 4) is 0 Å². The summed E-state index contributed by atoms with van der Waals surface area (Å²) in [6.45, 7) is 17.8. The van der Waals surface area contributed by atoms with E-state index >= 15 is 4.79 Å². The van der Waals surface area contributed by atoms with E-state index in [9.17, 15) is 14.7 Å². The lowest BCUT2D eigenvalue weighted by Crippen LogP contribution is -2.60. The van der Waals surface area contributed by atoms with Crippen LogP contribution < -0.4 is 9.80 Å². The monoisotopic (exact) mass is 613 g/mol. The number of anilines is 2. The normalized spacial score (nSPS) is 28.0. The maximum absolute atomic E-state index is 15.1. The number of likely N-dealkylation sites (tertiary alicyclic amines) is 1. The number of aliphatic hydroxyl groups is 1. The number of para-hydroxylation sites is 2. The highest BCUT2D eigenvalue weighted by Crippen LogP contribution is 2.64. The van der Waals surface area contributed by atoms with E-state index in [1.807, 2.05) is 83.1 Å². The topological polar surface area (TPSA) is 90.4 Å². The third-order valence-corrected chi connectivity index (χ3v) is 10.5. The number of carbonyl (C=O) groups is 3. The Labute approximate surface area is 267 Å². The van der Waals surface area contributed by atoms with Crippen molar-refractivity contribution in [1.29, 1.82) is 0 Å². The molecule has 8 nitrogen and oxygen atoms in total. The van der Waals surface area contributed by atoms with E-state index in [1.54, 1.807) is 26.9 Å². The summed E-state index contributed by atoms with van der Waals surface area (Å²) in [7, 11) is 0. The van der Waals surface area contributed by atoms with Crippen LogP contribution in [0, 0.1) is 31.6 Å². The largest absolute Gasteiger partial charge is 0.394 e. The molecule has 0 aromatic heterocycles. The summed E-state index contributed by atoms with van der Waals surface area (Å²) in [6.07, 6.45) is 5.04. The predicted octanol–water partition coefficient (Wildman–Crippen LogP) is 5.21. The Bertz CT molecular complexity index is 1460. The molecule has 1 spiro atoms. The van der Waals surface area contributed by atoms with Gasteiger partial charge in [-0.05, 0) is 62.8 Å². The second-order valence-corrected chi connectivity index (χ2v) is 13.2. The minimum Gasteiger partial charge on any atom is -0.394 e. The Balaban J connectivity index is 1.67. The first-order valence-corrected chi connectivity index (χ1v) is 16.1. The molecule has 3 aliphatic heterocycles. The van der Waals surface area contributed by atoms with Crippen molar-refractivity contribution in [2.75, 3.05) is 29.5 Å². The average molecular weight is 614 g/mol. The quantitative estimate of drug-likeness (QED) is 0.332. The summed E-state index contributed by atoms with van der Waals surface area (Å²) in [4.78, 5) is 49.6. The number of rotatable bonds is 12. The lowest BCUT2D eigenvalue weighted by molar-refractivity contribution is -0.149. The molecule has 45 heavy (non-hydrogen) atoms. The summed E-state index contributed by atoms with van der Waals surface area (Å²) in [5.74, 6) is -2.60. The van der Waals surface area contributed by atoms with Crippen molar-refractivity contribution < 1.29 is 24.2 Å². The number of aryl methyl sites for hydroxylation is 2. The molecular formula is C37H47N3O5. The first kappa shape index (κ1) is 32.6. The third kappa shape index (κ3) is 5.12. The van der Waals surface area contributed by atoms with Crippen LogP contribution in [0.15, 0.2) is 73.8 Å². The van der Waals surface area contributed by atoms with E-state index in [-0.39, 0.29) is 43.3 Å². The van der Waals surface area contributed by atoms with Crippen LogP contribution >= 0.6 is 0 Å². The smallest absolute Gasteiger partial charge is 0.253 e. The molecule has 7 atom stereocenters. The van der Waals surface area contributed by atoms with E-state index in [2.05, 4.69) is 13.2 Å². The molecule has 3 fully saturated rings. The van der Waals surface area contributed by atoms with Crippen LogP contribution in [-0.4, -0.2) is 70.7 Å². The fourth-order valence-electron chi connectivity index (χ4n) is 8.22. The zero-order valence-corrected chi connectivity index (χ0v) is 27.2. The SMILES string of the molecule is C=CCN(C(=O)[C@H]1[C@H]2C(=O)N([C@@H](CO)[C@@H](C)CC)C(C(=O)N(CC=C)c3c(C)cccc3C)C23CC[C@]1(C)O3)c1ccccc1. The lowest BCUT2D eigenvalue weighted by atomic mass is 9.66. The highest BCUT2D eigenvalue weighted by Gasteiger charge is 2.79. The summed E-state index contributed by atoms with van der Waals surface area (Å²) < 4.78 is 6.95. The van der Waals surface area contributed by atoms with Gasteiger partial charge in [0.15, 0.2) is 0 Å². The van der Waals surface area contributed by atoms with Crippen molar-refractivity contribution in [2.45, 2.75) is 77.2 Å². The lowest BCUT2D eigenvalue weighted by Gasteiger charge is -2.41. The molecule has 240 valence electrons. The molecule has 3 heterocycles. The Kier molecular flexibility index (Phi) is 9.11. The van der Waals surface area contributed by atoms with E-state index in [0.717, 1.165) is 16.8 Å². The van der Waals surface area contributed by atoms with Gasteiger partial charge in [-0.2, -0.15) is 0 Å². The van der Waals surface area contributed by atoms with E-state index in [4.69, 9.17) is 4.74 Å². The molecule has 2 bridgehead atoms. The Morgan fingerprint density at radius 1 is 1.02 bits per heavy atom. The van der Waals surface area contributed by atoms with Crippen LogP contribution in [-0.2, 0) is 19.1 Å². The number of hydrogen-bond acceptors (Lipinski definition) is 5. The number of benzene rings is 2. The summed E-state index contributed by atoms with van der Waals surface area (Å²) in [6, 6.07) is 13.6. The van der Waals surface area contributed by atoms with Gasteiger partial charge in [0.1, 0.15) is 11.6 Å². The Morgan fingerprint density at radius 3 is 2.22 bits per heavy atom. The number of amides is 3. The molecule has 3 saturated heterocycles. The van der Waals surface area contributed by atoms with Crippen LogP contribution in [0.4, 0.5) is 11.4 Å². The molecule has 5 rings (SSSR count). The van der Waals surface area contributed by atoms with Crippen molar-refractivity contribution in [1.82, 2.24) is 4.90 Å². The number of aliphatic hydroxyl groups excluding tert-OH is 1. The highest BCUT2D eigenvalue weighted by molar-refractivity contribution is 6.07. The summed E-state index contributed by atoms with van der Waals surface area (Å²) in [5, 5.41) is 10.8. The van der Waals surface area contributed by atoms with Gasteiger partial charge in [0, 0.05) is 24.5 Å². The average Bonchev–Trinajstić information content (AvgIpc) is 3.60. The van der Waals surface area contributed by atoms with Gasteiger partial charge in [-0.15, -0.1) is 13.2 Å². The van der Waals surface area contributed by atoms with Crippen molar-refractivity contribution >= 4 is 29.1 Å². The van der Waals surface area contributed by atoms with Crippen molar-refractivity contribution in [3.05, 3.63) is 85.0 Å². The second-order valence-electron chi connectivity index (χ2n) is 13.2. The van der Waals surface area contributed by atoms with E-state index < -0.39 is 35.1 Å². The first-order valence-electron chi connectivity index (χ1n) is 16.1. The Morgan fingerprint density at radius 2 is 1.64 bits per heavy atom. The zero-order valence-electron chi connectivity index (χ0n) is 27.2. The minimum atomic E-state index is -1.23. The van der Waals surface area contributed by atoms with Crippen LogP contribution in [0.25, 0.3) is 0 Å². The Hall–Kier alpha value is -3.75. The van der Waals surface area contributed by atoms with Crippen LogP contribution in [0.1, 0.15) is 51.2 Å². The van der Waals surface area contributed by atoms with E-state index in [1.165, 1.54) is 0 Å². The number of nitrogens with zero attached hydrogens (tertiary/aromatic N) is 3. The summed E-state index contributed by atoms with van der Waals surface area (Å²) >= 11 is 0. The fraction of sp³-hybridized carbons (Fsp3) is 0.486. The fourth-order valence-corrected chi connectivity index (χ4v) is 8.22. The number of hydrogen-bond donors (Lipinski definition) is 1. The van der Waals surface area contributed by atoms with E-state index in [0.29, 0.717) is 24.9 Å². The van der Waals surface area contributed by atoms with Gasteiger partial charge in [-0.1, -0.05) is 68.8 Å². The van der Waals surface area contributed by atoms with Crippen LogP contribution in [0.3, 0.4) is 0 Å². The maximum atomic E-state index is 15.1. The van der Waals surface area contributed by atoms with Gasteiger partial charge in [0.05, 0.1) is 30.1 Å². The van der Waals surface area contributed by atoms with Gasteiger partial charge in [0.25, 0.3) is 5.91 Å². The molecule has 1 N–H and O–H groups in total. The molecule has 2 aromatic rings. The van der Waals surface area contributed by atoms with Crippen molar-refractivity contribution in [3.63, 3.8) is 0 Å². The van der Waals surface area contributed by atoms with Gasteiger partial charge in [-0.25, -0.2) is 0 Å². The molecule has 0 aliphatic carbocycles. The van der Waals surface area contributed by atoms with Crippen LogP contribution in [0.2, 0.25) is 0 Å². The van der Waals surface area contributed by atoms with Gasteiger partial charge < -0.3 is 24.5 Å². The minimum absolute atomic E-state index is 0.0963. The predicted molar refractivity (Wildman–Crippen MR) is 177 cm³/mol. The maximum Gasteiger partial charge on any atom is 0.253 e. The zero-order chi connectivity index (χ0) is 32.7. The number of ether oxygens (including phenoxy) is 1. The standard InChI is InChI=1S/C37H47N3O5/c1-8-21-38(27-17-12-11-13-18-27)33(42)29-30-34(43)40(28(23-41)24(4)10-3)32(37(30)20-19-36(29,7)45-37)35(44)39(22-9-2)31-25(5)15-14-16-26(31)6/h8-9,11-18,24,28-30,32,41H,1-2,10,19-23H2,3-7H3/t24-,28-,29+,30-,32?,36-,37?/m0/s1. The highest BCUT2D eigenvalue weighted by atomic mass is 16.5. The van der Waals surface area contributed by atoms with Crippen LogP contribution in [0.5, 0.6) is 0 Å². The molecule has 8 heteroatoms. The summed E-state index contributed by atoms with van der Waals surface area (Å²) in [5.41, 5.74) is 1.16. The molecular weight excluding hydrogens is 566 g/mol. The van der Waals surface area contributed by atoms with Gasteiger partial charge in [0.2, 0.25) is 11.8 Å². The van der Waals surface area contributed by atoms with Gasteiger partial charge in [-0.3, -0.25) is 14.4 Å². The molecule has 3 aliphatic rings. The third-order valence-electron chi connectivity index (χ3n) is 10.5. The number of carbonyl (C=O) groups excluding carboxylic acids is 3.